The summed E-state index contributed by atoms with van der Waals surface area (Å²) in [6, 6.07) is 3.25. The Morgan fingerprint density at radius 2 is 1.94 bits per heavy atom. The first-order valence-corrected chi connectivity index (χ1v) is 12.3. The number of aromatic nitrogens is 2. The van der Waals surface area contributed by atoms with Crippen LogP contribution >= 0.6 is 0 Å². The van der Waals surface area contributed by atoms with Crippen molar-refractivity contribution in [2.45, 2.75) is 32.9 Å². The number of hydrogen-bond donors (Lipinski definition) is 1. The molecule has 2 aromatic rings. The molecule has 0 radical (unpaired) electrons. The van der Waals surface area contributed by atoms with Crippen LogP contribution in [0, 0.1) is 12.7 Å². The number of piperazine rings is 1. The smallest absolute Gasteiger partial charge is 0.318 e. The number of nitrogens with zero attached hydrogens (tertiary/aromatic N) is 6. The molecule has 0 saturated carbocycles. The van der Waals surface area contributed by atoms with Gasteiger partial charge in [0.05, 0.1) is 17.9 Å². The van der Waals surface area contributed by atoms with E-state index in [0.29, 0.717) is 63.9 Å². The van der Waals surface area contributed by atoms with Crippen molar-refractivity contribution in [3.8, 4) is 11.8 Å². The molecule has 0 spiro atoms. The first-order chi connectivity index (χ1) is 17.2. The van der Waals surface area contributed by atoms with E-state index >= 15 is 0 Å². The second kappa shape index (κ2) is 10.7. The van der Waals surface area contributed by atoms with Gasteiger partial charge in [0.2, 0.25) is 5.91 Å². The Bertz CT molecular complexity index is 1130. The zero-order chi connectivity index (χ0) is 26.0. The molecule has 194 valence electrons. The summed E-state index contributed by atoms with van der Waals surface area (Å²) in [6.07, 6.45) is 1.86. The lowest BCUT2D eigenvalue weighted by atomic mass is 10.0. The van der Waals surface area contributed by atoms with E-state index in [-0.39, 0.29) is 17.8 Å². The fourth-order valence-corrected chi connectivity index (χ4v) is 4.95. The minimum atomic E-state index is -0.641. The zero-order valence-corrected chi connectivity index (χ0v) is 21.5. The maximum atomic E-state index is 14.2. The Labute approximate surface area is 211 Å². The molecule has 2 aliphatic heterocycles. The Hall–Kier alpha value is -3.40. The number of phenols is 1. The van der Waals surface area contributed by atoms with Gasteiger partial charge in [-0.05, 0) is 52.1 Å². The second-order valence-electron chi connectivity index (χ2n) is 9.70. The van der Waals surface area contributed by atoms with E-state index in [2.05, 4.69) is 11.5 Å². The molecule has 0 bridgehead atoms. The lowest BCUT2D eigenvalue weighted by molar-refractivity contribution is -0.126. The third-order valence-corrected chi connectivity index (χ3v) is 6.64. The summed E-state index contributed by atoms with van der Waals surface area (Å²) < 4.78 is 20.3. The number of carbonyl (C=O) groups excluding carboxylic acids is 1. The number of anilines is 2. The molecule has 1 fully saturated rings. The number of aryl methyl sites for hydroxylation is 1. The molecule has 2 aliphatic rings. The Morgan fingerprint density at radius 3 is 2.61 bits per heavy atom. The van der Waals surface area contributed by atoms with Gasteiger partial charge in [-0.15, -0.1) is 0 Å². The minimum absolute atomic E-state index is 0.0678. The van der Waals surface area contributed by atoms with Gasteiger partial charge >= 0.3 is 6.01 Å². The predicted octanol–water partition coefficient (Wildman–Crippen LogP) is 2.36. The molecule has 1 saturated heterocycles. The van der Waals surface area contributed by atoms with Crippen molar-refractivity contribution < 1.29 is 19.0 Å². The number of aromatic hydroxyl groups is 1. The second-order valence-corrected chi connectivity index (χ2v) is 9.70. The maximum absolute atomic E-state index is 14.2. The van der Waals surface area contributed by atoms with Crippen molar-refractivity contribution in [2.24, 2.45) is 0 Å². The molecule has 9 nitrogen and oxygen atoms in total. The van der Waals surface area contributed by atoms with Gasteiger partial charge in [-0.3, -0.25) is 4.79 Å². The number of hydrogen-bond acceptors (Lipinski definition) is 8. The van der Waals surface area contributed by atoms with E-state index in [1.165, 1.54) is 12.1 Å². The first-order valence-electron chi connectivity index (χ1n) is 12.3. The van der Waals surface area contributed by atoms with E-state index in [4.69, 9.17) is 14.7 Å². The van der Waals surface area contributed by atoms with Gasteiger partial charge in [0.15, 0.2) is 11.6 Å². The Kier molecular flexibility index (Phi) is 7.63. The van der Waals surface area contributed by atoms with Crippen LogP contribution in [-0.2, 0) is 17.8 Å². The highest BCUT2D eigenvalue weighted by atomic mass is 19.1. The maximum Gasteiger partial charge on any atom is 0.318 e. The van der Waals surface area contributed by atoms with Crippen molar-refractivity contribution in [3.63, 3.8) is 0 Å². The summed E-state index contributed by atoms with van der Waals surface area (Å²) in [5.41, 5.74) is 3.10. The predicted molar refractivity (Wildman–Crippen MR) is 137 cm³/mol. The van der Waals surface area contributed by atoms with Crippen LogP contribution in [0.4, 0.5) is 15.9 Å². The van der Waals surface area contributed by atoms with Gasteiger partial charge in [-0.25, -0.2) is 4.39 Å². The number of fused-ring (bicyclic) bond motifs is 1. The van der Waals surface area contributed by atoms with Crippen LogP contribution in [0.15, 0.2) is 24.8 Å². The number of halogens is 1. The van der Waals surface area contributed by atoms with E-state index in [0.717, 1.165) is 22.6 Å². The van der Waals surface area contributed by atoms with Crippen molar-refractivity contribution in [1.29, 1.82) is 0 Å². The number of amides is 1. The quantitative estimate of drug-likeness (QED) is 0.583. The van der Waals surface area contributed by atoms with E-state index in [1.807, 2.05) is 37.7 Å². The SMILES string of the molecule is C=CC(=O)N1CCN(c2nc(O[C@H](C)CN(C)C)nc3c2CCN(c2c(C)ccc(F)c2O)C3)CC1. The number of ether oxygens (including phenoxy) is 1. The number of phenolic OH excluding ortho intramolecular Hbond substituents is 1. The van der Waals surface area contributed by atoms with Crippen LogP contribution < -0.4 is 14.5 Å². The van der Waals surface area contributed by atoms with Gasteiger partial charge in [-0.1, -0.05) is 12.6 Å². The van der Waals surface area contributed by atoms with Crippen molar-refractivity contribution in [1.82, 2.24) is 19.8 Å². The molecule has 3 heterocycles. The number of benzene rings is 1. The molecule has 1 N–H and O–H groups in total. The lowest BCUT2D eigenvalue weighted by Gasteiger charge is -2.38. The van der Waals surface area contributed by atoms with Crippen LogP contribution in [0.1, 0.15) is 23.7 Å². The van der Waals surface area contributed by atoms with Crippen LogP contribution in [0.2, 0.25) is 0 Å². The number of rotatable bonds is 7. The van der Waals surface area contributed by atoms with Gasteiger partial charge in [0.1, 0.15) is 11.9 Å². The Morgan fingerprint density at radius 1 is 1.22 bits per heavy atom. The number of carbonyl (C=O) groups is 1. The fraction of sp³-hybridized carbons (Fsp3) is 0.500. The van der Waals surface area contributed by atoms with Gasteiger partial charge in [0, 0.05) is 44.8 Å². The zero-order valence-electron chi connectivity index (χ0n) is 21.5. The monoisotopic (exact) mass is 498 g/mol. The fourth-order valence-electron chi connectivity index (χ4n) is 4.95. The summed E-state index contributed by atoms with van der Waals surface area (Å²) >= 11 is 0. The van der Waals surface area contributed by atoms with Gasteiger partial charge in [0.25, 0.3) is 0 Å². The molecule has 1 aromatic heterocycles. The largest absolute Gasteiger partial charge is 0.503 e. The van der Waals surface area contributed by atoms with E-state index in [1.54, 1.807) is 11.0 Å². The number of likely N-dealkylation sites (N-methyl/N-ethyl adjacent to an activating group) is 1. The summed E-state index contributed by atoms with van der Waals surface area (Å²) in [5, 5.41) is 10.5. The third kappa shape index (κ3) is 5.38. The van der Waals surface area contributed by atoms with E-state index < -0.39 is 5.82 Å². The van der Waals surface area contributed by atoms with Gasteiger partial charge < -0.3 is 29.4 Å². The molecule has 4 rings (SSSR count). The van der Waals surface area contributed by atoms with Crippen molar-refractivity contribution in [3.05, 3.63) is 47.4 Å². The van der Waals surface area contributed by atoms with Crippen molar-refractivity contribution in [2.75, 3.05) is 63.2 Å². The highest BCUT2D eigenvalue weighted by Crippen LogP contribution is 2.38. The average molecular weight is 499 g/mol. The molecule has 1 amide bonds. The molecule has 0 aliphatic carbocycles. The molecular formula is C26H35FN6O3. The van der Waals surface area contributed by atoms with Crippen LogP contribution in [0.25, 0.3) is 0 Å². The lowest BCUT2D eigenvalue weighted by Crippen LogP contribution is -2.49. The van der Waals surface area contributed by atoms with Gasteiger partial charge in [-0.2, -0.15) is 9.97 Å². The minimum Gasteiger partial charge on any atom is -0.503 e. The summed E-state index contributed by atoms with van der Waals surface area (Å²) in [6.45, 7) is 11.6. The average Bonchev–Trinajstić information content (AvgIpc) is 2.85. The molecule has 1 aromatic carbocycles. The van der Waals surface area contributed by atoms with Crippen LogP contribution in [0.5, 0.6) is 11.8 Å². The first kappa shape index (κ1) is 25.7. The van der Waals surface area contributed by atoms with Crippen LogP contribution in [-0.4, -0.2) is 90.2 Å². The molecule has 36 heavy (non-hydrogen) atoms. The Balaban J connectivity index is 1.66. The highest BCUT2D eigenvalue weighted by Gasteiger charge is 2.30. The molecule has 1 atom stereocenters. The summed E-state index contributed by atoms with van der Waals surface area (Å²) in [7, 11) is 3.96. The topological polar surface area (TPSA) is 85.3 Å². The summed E-state index contributed by atoms with van der Waals surface area (Å²) in [5.74, 6) is -0.232. The van der Waals surface area contributed by atoms with Crippen LogP contribution in [0.3, 0.4) is 0 Å². The third-order valence-electron chi connectivity index (χ3n) is 6.64. The molecular weight excluding hydrogens is 463 g/mol. The highest BCUT2D eigenvalue weighted by molar-refractivity contribution is 5.87. The normalized spacial score (nSPS) is 16.7. The molecule has 10 heteroatoms. The molecule has 0 unspecified atom stereocenters. The van der Waals surface area contributed by atoms with Crippen molar-refractivity contribution >= 4 is 17.4 Å². The summed E-state index contributed by atoms with van der Waals surface area (Å²) in [4.78, 5) is 29.6. The standard InChI is InChI=1S/C26H35FN6O3/c1-6-22(34)31-11-13-32(14-12-31)25-19-9-10-33(23-17(2)7-8-20(27)24(23)35)16-21(19)28-26(29-25)36-18(3)15-30(4)5/h6-8,18,35H,1,9-16H2,2-5H3/t18-/m1/s1. The van der Waals surface area contributed by atoms with E-state index in [9.17, 15) is 14.3 Å².